The first-order valence-corrected chi connectivity index (χ1v) is 4.93. The van der Waals surface area contributed by atoms with Crippen molar-refractivity contribution in [1.82, 2.24) is 4.90 Å². The molecule has 1 aromatic rings. The van der Waals surface area contributed by atoms with Gasteiger partial charge in [-0.1, -0.05) is 36.3 Å². The molecule has 0 heterocycles. The topological polar surface area (TPSA) is 61.8 Å². The molecule has 0 saturated heterocycles. The molecule has 1 aromatic carbocycles. The highest BCUT2D eigenvalue weighted by Gasteiger charge is 2.07. The van der Waals surface area contributed by atoms with Gasteiger partial charge in [0.2, 0.25) is 0 Å². The van der Waals surface area contributed by atoms with E-state index < -0.39 is 0 Å². The van der Waals surface area contributed by atoms with Crippen molar-refractivity contribution in [3.05, 3.63) is 35.4 Å². The van der Waals surface area contributed by atoms with Gasteiger partial charge in [-0.15, -0.1) is 0 Å². The van der Waals surface area contributed by atoms with E-state index in [1.807, 2.05) is 31.3 Å². The minimum absolute atomic E-state index is 0.162. The third-order valence-corrected chi connectivity index (χ3v) is 2.38. The van der Waals surface area contributed by atoms with Crippen molar-refractivity contribution in [3.8, 4) is 0 Å². The van der Waals surface area contributed by atoms with Crippen LogP contribution in [0.4, 0.5) is 0 Å². The second kappa shape index (κ2) is 5.36. The van der Waals surface area contributed by atoms with Crippen LogP contribution in [0.15, 0.2) is 29.4 Å². The summed E-state index contributed by atoms with van der Waals surface area (Å²) in [5, 5.41) is 11.7. The van der Waals surface area contributed by atoms with Crippen molar-refractivity contribution in [2.75, 3.05) is 13.6 Å². The molecule has 1 rings (SSSR count). The molecule has 82 valence electrons. The van der Waals surface area contributed by atoms with Gasteiger partial charge in [0.1, 0.15) is 0 Å². The minimum atomic E-state index is 0.162. The van der Waals surface area contributed by atoms with Crippen LogP contribution in [-0.4, -0.2) is 29.5 Å². The fraction of sp³-hybridized carbons (Fsp3) is 0.364. The van der Waals surface area contributed by atoms with Crippen LogP contribution in [0.25, 0.3) is 0 Å². The van der Waals surface area contributed by atoms with Crippen LogP contribution in [0.1, 0.15) is 18.1 Å². The van der Waals surface area contributed by atoms with E-state index in [1.54, 1.807) is 0 Å². The molecule has 0 amide bonds. The third kappa shape index (κ3) is 2.95. The Kier molecular flexibility index (Phi) is 4.12. The maximum absolute atomic E-state index is 8.65. The summed E-state index contributed by atoms with van der Waals surface area (Å²) in [5.74, 6) is 0.162. The number of nitrogens with two attached hydrogens (primary N) is 1. The Balaban J connectivity index is 2.96. The van der Waals surface area contributed by atoms with E-state index in [0.29, 0.717) is 0 Å². The van der Waals surface area contributed by atoms with Gasteiger partial charge in [0.15, 0.2) is 5.84 Å². The van der Waals surface area contributed by atoms with Crippen molar-refractivity contribution in [2.45, 2.75) is 13.5 Å². The molecule has 0 aliphatic carbocycles. The summed E-state index contributed by atoms with van der Waals surface area (Å²) in [6, 6.07) is 7.67. The molecule has 0 fully saturated rings. The van der Waals surface area contributed by atoms with E-state index >= 15 is 0 Å². The van der Waals surface area contributed by atoms with Crippen LogP contribution < -0.4 is 5.73 Å². The second-order valence-electron chi connectivity index (χ2n) is 3.47. The molecule has 0 unspecified atom stereocenters. The highest BCUT2D eigenvalue weighted by Crippen LogP contribution is 2.10. The number of benzene rings is 1. The van der Waals surface area contributed by atoms with Gasteiger partial charge in [0.25, 0.3) is 0 Å². The van der Waals surface area contributed by atoms with Crippen LogP contribution >= 0.6 is 0 Å². The lowest BCUT2D eigenvalue weighted by Gasteiger charge is -2.16. The van der Waals surface area contributed by atoms with Crippen LogP contribution in [0.3, 0.4) is 0 Å². The van der Waals surface area contributed by atoms with Gasteiger partial charge >= 0.3 is 0 Å². The van der Waals surface area contributed by atoms with E-state index in [0.717, 1.165) is 24.2 Å². The maximum Gasteiger partial charge on any atom is 0.170 e. The van der Waals surface area contributed by atoms with E-state index in [-0.39, 0.29) is 5.84 Å². The van der Waals surface area contributed by atoms with E-state index in [1.165, 1.54) is 0 Å². The predicted molar refractivity (Wildman–Crippen MR) is 61.0 cm³/mol. The molecule has 0 aliphatic rings. The lowest BCUT2D eigenvalue weighted by Crippen LogP contribution is -2.21. The number of rotatable bonds is 4. The Morgan fingerprint density at radius 1 is 1.47 bits per heavy atom. The highest BCUT2D eigenvalue weighted by molar-refractivity contribution is 5.98. The van der Waals surface area contributed by atoms with E-state index in [4.69, 9.17) is 10.9 Å². The quantitative estimate of drug-likeness (QED) is 0.338. The van der Waals surface area contributed by atoms with Crippen molar-refractivity contribution >= 4 is 5.84 Å². The Bertz CT molecular complexity index is 349. The fourth-order valence-electron chi connectivity index (χ4n) is 1.36. The average Bonchev–Trinajstić information content (AvgIpc) is 2.28. The van der Waals surface area contributed by atoms with Crippen molar-refractivity contribution < 1.29 is 5.21 Å². The molecule has 3 N–H and O–H groups in total. The van der Waals surface area contributed by atoms with Gasteiger partial charge < -0.3 is 15.8 Å². The summed E-state index contributed by atoms with van der Waals surface area (Å²) >= 11 is 0. The molecule has 0 radical (unpaired) electrons. The zero-order valence-corrected chi connectivity index (χ0v) is 9.14. The summed E-state index contributed by atoms with van der Waals surface area (Å²) in [6.45, 7) is 3.85. The molecule has 4 heteroatoms. The summed E-state index contributed by atoms with van der Waals surface area (Å²) < 4.78 is 0. The maximum atomic E-state index is 8.65. The third-order valence-electron chi connectivity index (χ3n) is 2.38. The Hall–Kier alpha value is -1.55. The minimum Gasteiger partial charge on any atom is -0.409 e. The van der Waals surface area contributed by atoms with Crippen molar-refractivity contribution in [1.29, 1.82) is 0 Å². The van der Waals surface area contributed by atoms with Crippen molar-refractivity contribution in [2.24, 2.45) is 10.9 Å². The largest absolute Gasteiger partial charge is 0.409 e. The molecule has 0 aliphatic heterocycles. The number of nitrogens with zero attached hydrogens (tertiary/aromatic N) is 2. The van der Waals surface area contributed by atoms with Gasteiger partial charge in [-0.3, -0.25) is 0 Å². The number of amidine groups is 1. The standard InChI is InChI=1S/C11H17N3O/c1-3-14(2)8-9-6-4-5-7-10(9)11(12)13-15/h4-7,15H,3,8H2,1-2H3,(H2,12,13). The number of hydrogen-bond acceptors (Lipinski definition) is 3. The smallest absolute Gasteiger partial charge is 0.170 e. The summed E-state index contributed by atoms with van der Waals surface area (Å²) in [4.78, 5) is 2.16. The number of oxime groups is 1. The van der Waals surface area contributed by atoms with Crippen LogP contribution in [0, 0.1) is 0 Å². The molecule has 0 saturated carbocycles. The summed E-state index contributed by atoms with van der Waals surface area (Å²) in [5.41, 5.74) is 7.45. The van der Waals surface area contributed by atoms with Crippen molar-refractivity contribution in [3.63, 3.8) is 0 Å². The van der Waals surface area contributed by atoms with Crippen LogP contribution in [0.5, 0.6) is 0 Å². The molecule has 0 aromatic heterocycles. The molecule has 0 spiro atoms. The lowest BCUT2D eigenvalue weighted by molar-refractivity contribution is 0.318. The lowest BCUT2D eigenvalue weighted by atomic mass is 10.1. The Morgan fingerprint density at radius 2 is 2.13 bits per heavy atom. The Morgan fingerprint density at radius 3 is 2.73 bits per heavy atom. The molecular formula is C11H17N3O. The fourth-order valence-corrected chi connectivity index (χ4v) is 1.36. The first kappa shape index (κ1) is 11.5. The second-order valence-corrected chi connectivity index (χ2v) is 3.47. The zero-order chi connectivity index (χ0) is 11.3. The highest BCUT2D eigenvalue weighted by atomic mass is 16.4. The molecule has 0 atom stereocenters. The van der Waals surface area contributed by atoms with Crippen LogP contribution in [-0.2, 0) is 6.54 Å². The summed E-state index contributed by atoms with van der Waals surface area (Å²) in [6.07, 6.45) is 0. The molecular weight excluding hydrogens is 190 g/mol. The molecule has 15 heavy (non-hydrogen) atoms. The van der Waals surface area contributed by atoms with E-state index in [9.17, 15) is 0 Å². The SMILES string of the molecule is CCN(C)Cc1ccccc1/C(N)=N/O. The Labute approximate surface area is 90.0 Å². The van der Waals surface area contributed by atoms with Gasteiger partial charge in [0.05, 0.1) is 0 Å². The monoisotopic (exact) mass is 207 g/mol. The first-order valence-electron chi connectivity index (χ1n) is 4.93. The predicted octanol–water partition coefficient (Wildman–Crippen LogP) is 1.23. The van der Waals surface area contributed by atoms with Crippen LogP contribution in [0.2, 0.25) is 0 Å². The molecule has 0 bridgehead atoms. The average molecular weight is 207 g/mol. The first-order chi connectivity index (χ1) is 7.19. The van der Waals surface area contributed by atoms with Gasteiger partial charge in [-0.05, 0) is 19.2 Å². The summed E-state index contributed by atoms with van der Waals surface area (Å²) in [7, 11) is 2.03. The van der Waals surface area contributed by atoms with Gasteiger partial charge in [0, 0.05) is 12.1 Å². The van der Waals surface area contributed by atoms with Gasteiger partial charge in [-0.2, -0.15) is 0 Å². The van der Waals surface area contributed by atoms with Gasteiger partial charge in [-0.25, -0.2) is 0 Å². The number of hydrogen-bond donors (Lipinski definition) is 2. The normalized spacial score (nSPS) is 12.1. The van der Waals surface area contributed by atoms with E-state index in [2.05, 4.69) is 17.0 Å². The molecule has 4 nitrogen and oxygen atoms in total. The zero-order valence-electron chi connectivity index (χ0n) is 9.14.